The Bertz CT molecular complexity index is 792. The fourth-order valence-corrected chi connectivity index (χ4v) is 2.66. The third-order valence-corrected chi connectivity index (χ3v) is 4.27. The molecule has 0 heterocycles. The van der Waals surface area contributed by atoms with E-state index in [-0.39, 0.29) is 23.1 Å². The van der Waals surface area contributed by atoms with Crippen molar-refractivity contribution in [1.82, 2.24) is 10.9 Å². The summed E-state index contributed by atoms with van der Waals surface area (Å²) >= 11 is 0. The zero-order valence-electron chi connectivity index (χ0n) is 14.6. The minimum Gasteiger partial charge on any atom is -0.273 e. The van der Waals surface area contributed by atoms with Gasteiger partial charge in [0.05, 0.1) is 10.8 Å². The second kappa shape index (κ2) is 8.75. The Kier molecular flexibility index (Phi) is 6.43. The highest BCUT2D eigenvalue weighted by atomic mass is 16.6. The number of hydrogen-bond acceptors (Lipinski definition) is 4. The van der Waals surface area contributed by atoms with E-state index in [1.165, 1.54) is 18.2 Å². The molecule has 2 unspecified atom stereocenters. The maximum absolute atomic E-state index is 12.6. The Balaban J connectivity index is 2.09. The topological polar surface area (TPSA) is 101 Å². The van der Waals surface area contributed by atoms with Crippen molar-refractivity contribution in [2.24, 2.45) is 5.92 Å². The number of rotatable bonds is 6. The van der Waals surface area contributed by atoms with Crippen LogP contribution < -0.4 is 10.9 Å². The van der Waals surface area contributed by atoms with Crippen LogP contribution in [0.2, 0.25) is 0 Å². The molecule has 0 spiro atoms. The Labute approximate surface area is 151 Å². The van der Waals surface area contributed by atoms with Crippen LogP contribution in [0.3, 0.4) is 0 Å². The van der Waals surface area contributed by atoms with Crippen molar-refractivity contribution in [3.05, 3.63) is 75.8 Å². The molecule has 136 valence electrons. The molecule has 7 nitrogen and oxygen atoms in total. The van der Waals surface area contributed by atoms with Crippen LogP contribution in [0.25, 0.3) is 0 Å². The van der Waals surface area contributed by atoms with Gasteiger partial charge in [0, 0.05) is 17.7 Å². The second-order valence-electron chi connectivity index (χ2n) is 6.02. The summed E-state index contributed by atoms with van der Waals surface area (Å²) < 4.78 is 0. The number of nitrogens with one attached hydrogen (secondary N) is 2. The summed E-state index contributed by atoms with van der Waals surface area (Å²) in [6.45, 7) is 3.97. The van der Waals surface area contributed by atoms with E-state index in [1.807, 2.05) is 44.2 Å². The minimum absolute atomic E-state index is 0.0760. The van der Waals surface area contributed by atoms with Crippen LogP contribution in [-0.4, -0.2) is 16.7 Å². The second-order valence-corrected chi connectivity index (χ2v) is 6.02. The van der Waals surface area contributed by atoms with Crippen molar-refractivity contribution in [1.29, 1.82) is 0 Å². The van der Waals surface area contributed by atoms with E-state index < -0.39 is 16.7 Å². The molecule has 0 aliphatic rings. The van der Waals surface area contributed by atoms with Gasteiger partial charge in [0.15, 0.2) is 0 Å². The lowest BCUT2D eigenvalue weighted by molar-refractivity contribution is -0.384. The molecule has 2 aromatic carbocycles. The molecule has 2 amide bonds. The van der Waals surface area contributed by atoms with Crippen LogP contribution in [0.4, 0.5) is 5.69 Å². The third-order valence-electron chi connectivity index (χ3n) is 4.27. The molecule has 0 saturated carbocycles. The van der Waals surface area contributed by atoms with Crippen molar-refractivity contribution in [3.63, 3.8) is 0 Å². The number of hydrogen-bond donors (Lipinski definition) is 2. The van der Waals surface area contributed by atoms with Gasteiger partial charge in [-0.1, -0.05) is 56.7 Å². The highest BCUT2D eigenvalue weighted by Crippen LogP contribution is 2.26. The first kappa shape index (κ1) is 19.1. The lowest BCUT2D eigenvalue weighted by Crippen LogP contribution is -2.45. The quantitative estimate of drug-likeness (QED) is 0.614. The van der Waals surface area contributed by atoms with E-state index >= 15 is 0 Å². The SMILES string of the molecule is CCC(C)C(C(=O)NNC(=O)c1cccc([N+](=O)[O-])c1)c1ccccc1. The van der Waals surface area contributed by atoms with E-state index in [0.717, 1.165) is 18.1 Å². The van der Waals surface area contributed by atoms with Crippen molar-refractivity contribution in [2.75, 3.05) is 0 Å². The first-order chi connectivity index (χ1) is 12.4. The molecule has 2 aromatic rings. The number of non-ortho nitro benzene ring substituents is 1. The van der Waals surface area contributed by atoms with Crippen molar-refractivity contribution >= 4 is 17.5 Å². The number of nitro groups is 1. The Hall–Kier alpha value is -3.22. The molecule has 0 fully saturated rings. The predicted octanol–water partition coefficient (Wildman–Crippen LogP) is 3.19. The van der Waals surface area contributed by atoms with Gasteiger partial charge in [-0.05, 0) is 17.5 Å². The molecule has 0 aliphatic heterocycles. The lowest BCUT2D eigenvalue weighted by Gasteiger charge is -2.22. The number of carbonyl (C=O) groups is 2. The molecule has 0 aromatic heterocycles. The van der Waals surface area contributed by atoms with Crippen LogP contribution in [-0.2, 0) is 4.79 Å². The highest BCUT2D eigenvalue weighted by molar-refractivity contribution is 5.96. The summed E-state index contributed by atoms with van der Waals surface area (Å²) in [5.74, 6) is -1.28. The van der Waals surface area contributed by atoms with Gasteiger partial charge in [-0.2, -0.15) is 0 Å². The van der Waals surface area contributed by atoms with E-state index in [1.54, 1.807) is 0 Å². The van der Waals surface area contributed by atoms with E-state index in [0.29, 0.717) is 0 Å². The van der Waals surface area contributed by atoms with Gasteiger partial charge in [0.25, 0.3) is 11.6 Å². The predicted molar refractivity (Wildman–Crippen MR) is 97.3 cm³/mol. The van der Waals surface area contributed by atoms with Gasteiger partial charge >= 0.3 is 0 Å². The molecule has 26 heavy (non-hydrogen) atoms. The van der Waals surface area contributed by atoms with E-state index in [9.17, 15) is 19.7 Å². The number of nitrogens with zero attached hydrogens (tertiary/aromatic N) is 1. The lowest BCUT2D eigenvalue weighted by atomic mass is 9.85. The average Bonchev–Trinajstić information content (AvgIpc) is 2.67. The maximum atomic E-state index is 12.6. The van der Waals surface area contributed by atoms with Gasteiger partial charge in [0.2, 0.25) is 5.91 Å². The number of benzene rings is 2. The molecule has 0 radical (unpaired) electrons. The summed E-state index contributed by atoms with van der Waals surface area (Å²) in [6.07, 6.45) is 0.797. The zero-order valence-corrected chi connectivity index (χ0v) is 14.6. The summed E-state index contributed by atoms with van der Waals surface area (Å²) in [7, 11) is 0. The van der Waals surface area contributed by atoms with Crippen LogP contribution in [0.5, 0.6) is 0 Å². The molecule has 0 aliphatic carbocycles. The van der Waals surface area contributed by atoms with Crippen LogP contribution >= 0.6 is 0 Å². The number of nitro benzene ring substituents is 1. The number of hydrazine groups is 1. The first-order valence-electron chi connectivity index (χ1n) is 8.33. The molecule has 2 atom stereocenters. The van der Waals surface area contributed by atoms with Crippen molar-refractivity contribution in [2.45, 2.75) is 26.2 Å². The molecular weight excluding hydrogens is 334 g/mol. The highest BCUT2D eigenvalue weighted by Gasteiger charge is 2.26. The Morgan fingerprint density at radius 1 is 1.08 bits per heavy atom. The van der Waals surface area contributed by atoms with Gasteiger partial charge in [-0.3, -0.25) is 30.6 Å². The Morgan fingerprint density at radius 3 is 2.38 bits per heavy atom. The average molecular weight is 355 g/mol. The van der Waals surface area contributed by atoms with Gasteiger partial charge in [-0.25, -0.2) is 0 Å². The van der Waals surface area contributed by atoms with Crippen LogP contribution in [0, 0.1) is 16.0 Å². The normalized spacial score (nSPS) is 12.7. The Morgan fingerprint density at radius 2 is 1.77 bits per heavy atom. The number of amides is 2. The maximum Gasteiger partial charge on any atom is 0.270 e. The zero-order chi connectivity index (χ0) is 19.1. The van der Waals surface area contributed by atoms with Crippen LogP contribution in [0.15, 0.2) is 54.6 Å². The summed E-state index contributed by atoms with van der Waals surface area (Å²) in [4.78, 5) is 35.0. The molecule has 2 N–H and O–H groups in total. The third kappa shape index (κ3) is 4.66. The largest absolute Gasteiger partial charge is 0.273 e. The van der Waals surface area contributed by atoms with Gasteiger partial charge in [0.1, 0.15) is 0 Å². The summed E-state index contributed by atoms with van der Waals surface area (Å²) in [5, 5.41) is 10.8. The van der Waals surface area contributed by atoms with Gasteiger partial charge in [-0.15, -0.1) is 0 Å². The van der Waals surface area contributed by atoms with E-state index in [2.05, 4.69) is 10.9 Å². The van der Waals surface area contributed by atoms with Crippen molar-refractivity contribution < 1.29 is 14.5 Å². The van der Waals surface area contributed by atoms with Crippen LogP contribution in [0.1, 0.15) is 42.1 Å². The fraction of sp³-hybridized carbons (Fsp3) is 0.263. The van der Waals surface area contributed by atoms with Crippen molar-refractivity contribution in [3.8, 4) is 0 Å². The monoisotopic (exact) mass is 355 g/mol. The summed E-state index contributed by atoms with van der Waals surface area (Å²) in [5.41, 5.74) is 5.54. The molecule has 0 bridgehead atoms. The van der Waals surface area contributed by atoms with E-state index in [4.69, 9.17) is 0 Å². The molecule has 0 saturated heterocycles. The number of carbonyl (C=O) groups excluding carboxylic acids is 2. The first-order valence-corrected chi connectivity index (χ1v) is 8.33. The van der Waals surface area contributed by atoms with Gasteiger partial charge < -0.3 is 0 Å². The fourth-order valence-electron chi connectivity index (χ4n) is 2.66. The summed E-state index contributed by atoms with van der Waals surface area (Å²) in [6, 6.07) is 14.7. The standard InChI is InChI=1S/C19H21N3O4/c1-3-13(2)17(14-8-5-4-6-9-14)19(24)21-20-18(23)15-10-7-11-16(12-15)22(25)26/h4-13,17H,3H2,1-2H3,(H,20,23)(H,21,24). The molecule has 7 heteroatoms. The smallest absolute Gasteiger partial charge is 0.270 e. The molecular formula is C19H21N3O4. The molecule has 2 rings (SSSR count). The minimum atomic E-state index is -0.613.